The zero-order valence-electron chi connectivity index (χ0n) is 6.17. The molecule has 4 N–H and O–H groups in total. The van der Waals surface area contributed by atoms with Crippen LogP contribution in [0.1, 0.15) is 0 Å². The molecule has 0 bridgehead atoms. The highest BCUT2D eigenvalue weighted by Crippen LogP contribution is 2.21. The average molecular weight is 182 g/mol. The maximum Gasteiger partial charge on any atom is 0.189 e. The molecule has 0 radical (unpaired) electrons. The van der Waals surface area contributed by atoms with Crippen LogP contribution in [0.2, 0.25) is 0 Å². The van der Waals surface area contributed by atoms with Gasteiger partial charge >= 0.3 is 0 Å². The second-order valence-corrected chi connectivity index (χ2v) is 2.67. The van der Waals surface area contributed by atoms with Crippen LogP contribution in [-0.4, -0.2) is 57.8 Å². The average Bonchev–Trinajstić information content (AvgIpc) is 2.08. The highest BCUT2D eigenvalue weighted by molar-refractivity contribution is 4.88. The molecule has 1 aliphatic rings. The third-order valence-electron chi connectivity index (χ3n) is 1.82. The monoisotopic (exact) mass is 182 g/mol. The van der Waals surface area contributed by atoms with E-state index in [2.05, 4.69) is 4.74 Å². The number of aliphatic hydroxyl groups excluding tert-OH is 4. The highest BCUT2D eigenvalue weighted by Gasteiger charge is 2.43. The summed E-state index contributed by atoms with van der Waals surface area (Å²) in [7, 11) is 0. The third-order valence-corrected chi connectivity index (χ3v) is 1.82. The Balaban J connectivity index is 2.63. The van der Waals surface area contributed by atoms with Crippen molar-refractivity contribution in [3.63, 3.8) is 0 Å². The number of hydrogen-bond acceptors (Lipinski definition) is 5. The van der Waals surface area contributed by atoms with E-state index in [0.717, 1.165) is 0 Å². The van der Waals surface area contributed by atoms with Gasteiger partial charge in [0, 0.05) is 0 Å². The van der Waals surface area contributed by atoms with Gasteiger partial charge in [0.25, 0.3) is 0 Å². The van der Waals surface area contributed by atoms with Crippen LogP contribution in [0.25, 0.3) is 0 Å². The number of alkyl halides is 1. The molecule has 5 atom stereocenters. The molecule has 0 amide bonds. The molecule has 72 valence electrons. The summed E-state index contributed by atoms with van der Waals surface area (Å²) in [6.45, 7) is -0.581. The third kappa shape index (κ3) is 1.57. The molecule has 0 aromatic heterocycles. The van der Waals surface area contributed by atoms with Crippen molar-refractivity contribution in [1.82, 2.24) is 0 Å². The van der Waals surface area contributed by atoms with Gasteiger partial charge in [0.15, 0.2) is 12.5 Å². The fraction of sp³-hybridized carbons (Fsp3) is 1.00. The van der Waals surface area contributed by atoms with Gasteiger partial charge in [0.1, 0.15) is 18.3 Å². The SMILES string of the molecule is OC[C@H]1O[C@H](O)[C@H](F)[C@@H](O)[C@H]1O. The summed E-state index contributed by atoms with van der Waals surface area (Å²) in [6.07, 6.45) is -8.19. The van der Waals surface area contributed by atoms with Gasteiger partial charge in [0.05, 0.1) is 6.61 Å². The molecule has 1 heterocycles. The molecule has 6 heteroatoms. The van der Waals surface area contributed by atoms with Crippen LogP contribution in [0.4, 0.5) is 4.39 Å². The fourth-order valence-electron chi connectivity index (χ4n) is 1.06. The largest absolute Gasteiger partial charge is 0.394 e. The zero-order chi connectivity index (χ0) is 9.30. The lowest BCUT2D eigenvalue weighted by Gasteiger charge is -2.36. The van der Waals surface area contributed by atoms with E-state index in [-0.39, 0.29) is 0 Å². The summed E-state index contributed by atoms with van der Waals surface area (Å²) >= 11 is 0. The molecular weight excluding hydrogens is 171 g/mol. The van der Waals surface area contributed by atoms with Crippen LogP contribution in [0.15, 0.2) is 0 Å². The number of rotatable bonds is 1. The Labute approximate surface area is 68.0 Å². The van der Waals surface area contributed by atoms with Crippen LogP contribution in [0, 0.1) is 0 Å². The minimum absolute atomic E-state index is 0.581. The smallest absolute Gasteiger partial charge is 0.189 e. The van der Waals surface area contributed by atoms with Crippen molar-refractivity contribution >= 4 is 0 Å². The van der Waals surface area contributed by atoms with Crippen LogP contribution in [-0.2, 0) is 4.74 Å². The lowest BCUT2D eigenvalue weighted by atomic mass is 10.0. The second kappa shape index (κ2) is 3.63. The van der Waals surface area contributed by atoms with Crippen molar-refractivity contribution in [1.29, 1.82) is 0 Å². The van der Waals surface area contributed by atoms with Gasteiger partial charge in [-0.05, 0) is 0 Å². The summed E-state index contributed by atoms with van der Waals surface area (Å²) in [5, 5.41) is 35.3. The summed E-state index contributed by atoms with van der Waals surface area (Å²) in [5.74, 6) is 0. The van der Waals surface area contributed by atoms with Crippen molar-refractivity contribution in [3.8, 4) is 0 Å². The van der Waals surface area contributed by atoms with Crippen LogP contribution < -0.4 is 0 Å². The fourth-order valence-corrected chi connectivity index (χ4v) is 1.06. The van der Waals surface area contributed by atoms with Crippen molar-refractivity contribution < 1.29 is 29.6 Å². The lowest BCUT2D eigenvalue weighted by Crippen LogP contribution is -2.56. The molecule has 1 rings (SSSR count). The molecule has 0 aromatic carbocycles. The maximum absolute atomic E-state index is 12.7. The second-order valence-electron chi connectivity index (χ2n) is 2.67. The van der Waals surface area contributed by atoms with Crippen molar-refractivity contribution in [3.05, 3.63) is 0 Å². The number of aliphatic hydroxyl groups is 4. The molecule has 0 saturated carbocycles. The summed E-state index contributed by atoms with van der Waals surface area (Å²) in [4.78, 5) is 0. The quantitative estimate of drug-likeness (QED) is 0.368. The van der Waals surface area contributed by atoms with Gasteiger partial charge in [-0.15, -0.1) is 0 Å². The van der Waals surface area contributed by atoms with Gasteiger partial charge in [-0.25, -0.2) is 4.39 Å². The topological polar surface area (TPSA) is 90.2 Å². The van der Waals surface area contributed by atoms with Crippen molar-refractivity contribution in [2.75, 3.05) is 6.61 Å². The maximum atomic E-state index is 12.7. The van der Waals surface area contributed by atoms with Crippen LogP contribution in [0.3, 0.4) is 0 Å². The van der Waals surface area contributed by atoms with E-state index in [9.17, 15) is 4.39 Å². The molecule has 0 aromatic rings. The van der Waals surface area contributed by atoms with Crippen LogP contribution >= 0.6 is 0 Å². The number of ether oxygens (including phenoxy) is 1. The Morgan fingerprint density at radius 2 is 1.75 bits per heavy atom. The number of hydrogen-bond donors (Lipinski definition) is 4. The standard InChI is InChI=1S/C6H11FO5/c7-3-5(10)4(9)2(1-8)12-6(3)11/h2-6,8-11H,1H2/t2-,3-,4+,5-,6+/m1/s1. The summed E-state index contributed by atoms with van der Waals surface area (Å²) < 4.78 is 17.1. The molecule has 1 fully saturated rings. The highest BCUT2D eigenvalue weighted by atomic mass is 19.1. The Hall–Kier alpha value is -0.270. The van der Waals surface area contributed by atoms with E-state index in [1.165, 1.54) is 0 Å². The van der Waals surface area contributed by atoms with E-state index >= 15 is 0 Å². The molecular formula is C6H11FO5. The summed E-state index contributed by atoms with van der Waals surface area (Å²) in [6, 6.07) is 0. The van der Waals surface area contributed by atoms with Crippen molar-refractivity contribution in [2.45, 2.75) is 30.8 Å². The van der Waals surface area contributed by atoms with Crippen molar-refractivity contribution in [2.24, 2.45) is 0 Å². The molecule has 5 nitrogen and oxygen atoms in total. The van der Waals surface area contributed by atoms with E-state index in [1.54, 1.807) is 0 Å². The molecule has 0 aliphatic carbocycles. The molecule has 1 aliphatic heterocycles. The first kappa shape index (κ1) is 9.82. The lowest BCUT2D eigenvalue weighted by molar-refractivity contribution is -0.271. The molecule has 0 spiro atoms. The Bertz CT molecular complexity index is 150. The zero-order valence-corrected chi connectivity index (χ0v) is 6.17. The van der Waals surface area contributed by atoms with E-state index < -0.39 is 37.4 Å². The number of halogens is 1. The Morgan fingerprint density at radius 1 is 1.17 bits per heavy atom. The van der Waals surface area contributed by atoms with E-state index in [4.69, 9.17) is 20.4 Å². The normalized spacial score (nSPS) is 49.2. The predicted molar refractivity (Wildman–Crippen MR) is 34.9 cm³/mol. The molecule has 1 saturated heterocycles. The molecule has 12 heavy (non-hydrogen) atoms. The van der Waals surface area contributed by atoms with Gasteiger partial charge < -0.3 is 25.2 Å². The first-order chi connectivity index (χ1) is 5.57. The van der Waals surface area contributed by atoms with E-state index in [1.807, 2.05) is 0 Å². The van der Waals surface area contributed by atoms with E-state index in [0.29, 0.717) is 0 Å². The summed E-state index contributed by atoms with van der Waals surface area (Å²) in [5.41, 5.74) is 0. The minimum atomic E-state index is -2.04. The van der Waals surface area contributed by atoms with Gasteiger partial charge in [-0.3, -0.25) is 0 Å². The Kier molecular flexibility index (Phi) is 2.97. The van der Waals surface area contributed by atoms with Gasteiger partial charge in [-0.2, -0.15) is 0 Å². The Morgan fingerprint density at radius 3 is 2.25 bits per heavy atom. The first-order valence-corrected chi connectivity index (χ1v) is 3.52. The van der Waals surface area contributed by atoms with Gasteiger partial charge in [-0.1, -0.05) is 0 Å². The predicted octanol–water partition coefficient (Wildman–Crippen LogP) is -2.24. The first-order valence-electron chi connectivity index (χ1n) is 3.52. The van der Waals surface area contributed by atoms with Crippen LogP contribution in [0.5, 0.6) is 0 Å². The van der Waals surface area contributed by atoms with Gasteiger partial charge in [0.2, 0.25) is 0 Å². The minimum Gasteiger partial charge on any atom is -0.394 e. The molecule has 0 unspecified atom stereocenters.